The number of nitrogens with one attached hydrogen (secondary N) is 1. The van der Waals surface area contributed by atoms with Crippen molar-refractivity contribution in [3.05, 3.63) is 70.7 Å². The molecule has 2 aromatic rings. The van der Waals surface area contributed by atoms with Crippen molar-refractivity contribution in [2.75, 3.05) is 19.4 Å². The molecular formula is C19H20ClNO3S. The maximum absolute atomic E-state index is 12.0. The van der Waals surface area contributed by atoms with Crippen molar-refractivity contribution in [3.63, 3.8) is 0 Å². The molecule has 1 N–H and O–H groups in total. The van der Waals surface area contributed by atoms with Crippen molar-refractivity contribution >= 4 is 35.2 Å². The lowest BCUT2D eigenvalue weighted by Gasteiger charge is -2.17. The summed E-state index contributed by atoms with van der Waals surface area (Å²) >= 11 is 7.51. The van der Waals surface area contributed by atoms with Crippen LogP contribution in [0.25, 0.3) is 0 Å². The van der Waals surface area contributed by atoms with Crippen LogP contribution in [0.3, 0.4) is 0 Å². The molecule has 0 spiro atoms. The zero-order valence-corrected chi connectivity index (χ0v) is 15.5. The van der Waals surface area contributed by atoms with Crippen LogP contribution < -0.4 is 5.32 Å². The Kier molecular flexibility index (Phi) is 7.82. The molecule has 1 amide bonds. The first-order valence-electron chi connectivity index (χ1n) is 7.85. The van der Waals surface area contributed by atoms with Gasteiger partial charge in [-0.05, 0) is 23.3 Å². The van der Waals surface area contributed by atoms with Crippen molar-refractivity contribution < 1.29 is 14.3 Å². The molecular weight excluding hydrogens is 358 g/mol. The number of amides is 1. The molecule has 2 rings (SSSR count). The Morgan fingerprint density at radius 3 is 2.36 bits per heavy atom. The van der Waals surface area contributed by atoms with Gasteiger partial charge in [0, 0.05) is 11.6 Å². The quantitative estimate of drug-likeness (QED) is 0.710. The van der Waals surface area contributed by atoms with Crippen molar-refractivity contribution in [2.45, 2.75) is 11.7 Å². The zero-order valence-electron chi connectivity index (χ0n) is 13.9. The summed E-state index contributed by atoms with van der Waals surface area (Å²) in [5.74, 6) is -0.149. The van der Waals surface area contributed by atoms with E-state index in [1.807, 2.05) is 54.6 Å². The summed E-state index contributed by atoms with van der Waals surface area (Å²) in [5, 5.41) is 3.45. The van der Waals surface area contributed by atoms with Crippen LogP contribution in [0.1, 0.15) is 22.8 Å². The van der Waals surface area contributed by atoms with E-state index in [-0.39, 0.29) is 30.1 Å². The van der Waals surface area contributed by atoms with E-state index in [0.717, 1.165) is 11.1 Å². The molecule has 0 saturated heterocycles. The molecule has 0 saturated carbocycles. The SMILES string of the molecule is COC(=O)CCNC(=O)CSC(c1ccccc1)c1ccc(Cl)cc1. The van der Waals surface area contributed by atoms with Gasteiger partial charge in [-0.1, -0.05) is 54.1 Å². The van der Waals surface area contributed by atoms with Crippen molar-refractivity contribution in [3.8, 4) is 0 Å². The van der Waals surface area contributed by atoms with Gasteiger partial charge in [-0.15, -0.1) is 11.8 Å². The van der Waals surface area contributed by atoms with E-state index in [1.54, 1.807) is 0 Å². The first-order valence-corrected chi connectivity index (χ1v) is 9.28. The Morgan fingerprint density at radius 1 is 1.08 bits per heavy atom. The predicted octanol–water partition coefficient (Wildman–Crippen LogP) is 3.84. The summed E-state index contributed by atoms with van der Waals surface area (Å²) in [6.07, 6.45) is 0.173. The van der Waals surface area contributed by atoms with Crippen LogP contribution >= 0.6 is 23.4 Å². The van der Waals surface area contributed by atoms with E-state index in [4.69, 9.17) is 11.6 Å². The molecule has 0 bridgehead atoms. The predicted molar refractivity (Wildman–Crippen MR) is 102 cm³/mol. The van der Waals surface area contributed by atoms with Crippen LogP contribution in [0.4, 0.5) is 0 Å². The molecule has 1 unspecified atom stereocenters. The number of carbonyl (C=O) groups excluding carboxylic acids is 2. The first-order chi connectivity index (χ1) is 12.1. The number of hydrogen-bond acceptors (Lipinski definition) is 4. The fourth-order valence-electron chi connectivity index (χ4n) is 2.27. The van der Waals surface area contributed by atoms with Crippen LogP contribution in [0.5, 0.6) is 0 Å². The van der Waals surface area contributed by atoms with Gasteiger partial charge in [0.15, 0.2) is 0 Å². The van der Waals surface area contributed by atoms with Crippen LogP contribution in [0, 0.1) is 0 Å². The fraction of sp³-hybridized carbons (Fsp3) is 0.263. The van der Waals surface area contributed by atoms with Crippen LogP contribution in [0.15, 0.2) is 54.6 Å². The van der Waals surface area contributed by atoms with Gasteiger partial charge in [0.05, 0.1) is 24.5 Å². The highest BCUT2D eigenvalue weighted by atomic mass is 35.5. The average Bonchev–Trinajstić information content (AvgIpc) is 2.64. The molecule has 4 nitrogen and oxygen atoms in total. The Morgan fingerprint density at radius 2 is 1.72 bits per heavy atom. The highest BCUT2D eigenvalue weighted by molar-refractivity contribution is 8.00. The number of benzene rings is 2. The lowest BCUT2D eigenvalue weighted by molar-refractivity contribution is -0.140. The number of thioether (sulfide) groups is 1. The van der Waals surface area contributed by atoms with Crippen molar-refractivity contribution in [1.82, 2.24) is 5.32 Å². The monoisotopic (exact) mass is 377 g/mol. The van der Waals surface area contributed by atoms with Gasteiger partial charge >= 0.3 is 5.97 Å². The fourth-order valence-corrected chi connectivity index (χ4v) is 3.51. The maximum Gasteiger partial charge on any atom is 0.307 e. The Balaban J connectivity index is 1.98. The van der Waals surface area contributed by atoms with Gasteiger partial charge < -0.3 is 10.1 Å². The number of ether oxygens (including phenoxy) is 1. The van der Waals surface area contributed by atoms with E-state index >= 15 is 0 Å². The summed E-state index contributed by atoms with van der Waals surface area (Å²) in [5.41, 5.74) is 2.21. The Labute approximate surface area is 156 Å². The maximum atomic E-state index is 12.0. The Hall–Kier alpha value is -1.98. The molecule has 1 atom stereocenters. The first kappa shape index (κ1) is 19.3. The van der Waals surface area contributed by atoms with Crippen LogP contribution in [-0.4, -0.2) is 31.3 Å². The summed E-state index contributed by atoms with van der Waals surface area (Å²) in [4.78, 5) is 23.1. The molecule has 0 aliphatic rings. The number of methoxy groups -OCH3 is 1. The van der Waals surface area contributed by atoms with Crippen molar-refractivity contribution in [2.24, 2.45) is 0 Å². The number of hydrogen-bond donors (Lipinski definition) is 1. The highest BCUT2D eigenvalue weighted by Gasteiger charge is 2.16. The third-order valence-corrected chi connectivity index (χ3v) is 5.09. The summed E-state index contributed by atoms with van der Waals surface area (Å²) < 4.78 is 4.55. The van der Waals surface area contributed by atoms with E-state index in [9.17, 15) is 9.59 Å². The van der Waals surface area contributed by atoms with E-state index in [0.29, 0.717) is 10.8 Å². The minimum absolute atomic E-state index is 0.0322. The van der Waals surface area contributed by atoms with E-state index in [1.165, 1.54) is 18.9 Å². The lowest BCUT2D eigenvalue weighted by atomic mass is 10.0. The molecule has 0 aliphatic heterocycles. The number of carbonyl (C=O) groups is 2. The smallest absolute Gasteiger partial charge is 0.307 e. The standard InChI is InChI=1S/C19H20ClNO3S/c1-24-18(23)11-12-21-17(22)13-25-19(14-5-3-2-4-6-14)15-7-9-16(20)10-8-15/h2-10,19H,11-13H2,1H3,(H,21,22). The summed E-state index contributed by atoms with van der Waals surface area (Å²) in [6, 6.07) is 17.7. The second-order valence-electron chi connectivity index (χ2n) is 5.33. The van der Waals surface area contributed by atoms with Gasteiger partial charge in [0.25, 0.3) is 0 Å². The number of esters is 1. The third-order valence-electron chi connectivity index (χ3n) is 3.54. The topological polar surface area (TPSA) is 55.4 Å². The third kappa shape index (κ3) is 6.44. The van der Waals surface area contributed by atoms with Gasteiger partial charge in [-0.2, -0.15) is 0 Å². The second-order valence-corrected chi connectivity index (χ2v) is 6.86. The minimum Gasteiger partial charge on any atom is -0.469 e. The molecule has 0 fully saturated rings. The van der Waals surface area contributed by atoms with E-state index < -0.39 is 0 Å². The molecule has 25 heavy (non-hydrogen) atoms. The molecule has 0 heterocycles. The van der Waals surface area contributed by atoms with E-state index in [2.05, 4.69) is 10.1 Å². The normalized spacial score (nSPS) is 11.6. The highest BCUT2D eigenvalue weighted by Crippen LogP contribution is 2.35. The van der Waals surface area contributed by atoms with Crippen LogP contribution in [0.2, 0.25) is 5.02 Å². The minimum atomic E-state index is -0.337. The van der Waals surface area contributed by atoms with Gasteiger partial charge in [-0.3, -0.25) is 9.59 Å². The molecule has 0 aliphatic carbocycles. The molecule has 6 heteroatoms. The van der Waals surface area contributed by atoms with Crippen LogP contribution in [-0.2, 0) is 14.3 Å². The molecule has 2 aromatic carbocycles. The van der Waals surface area contributed by atoms with Gasteiger partial charge in [0.1, 0.15) is 0 Å². The largest absolute Gasteiger partial charge is 0.469 e. The van der Waals surface area contributed by atoms with Gasteiger partial charge in [-0.25, -0.2) is 0 Å². The number of halogens is 1. The Bertz CT molecular complexity index is 692. The second kappa shape index (κ2) is 10.1. The molecule has 0 radical (unpaired) electrons. The lowest BCUT2D eigenvalue weighted by Crippen LogP contribution is -2.28. The van der Waals surface area contributed by atoms with Gasteiger partial charge in [0.2, 0.25) is 5.91 Å². The number of rotatable bonds is 8. The summed E-state index contributed by atoms with van der Waals surface area (Å²) in [6.45, 7) is 0.281. The van der Waals surface area contributed by atoms with Crippen molar-refractivity contribution in [1.29, 1.82) is 0 Å². The molecule has 0 aromatic heterocycles. The molecule has 132 valence electrons. The zero-order chi connectivity index (χ0) is 18.1. The average molecular weight is 378 g/mol. The summed E-state index contributed by atoms with van der Waals surface area (Å²) in [7, 11) is 1.33.